The fraction of sp³-hybridized carbons (Fsp3) is 0.324. The Morgan fingerprint density at radius 3 is 2.53 bits per heavy atom. The lowest BCUT2D eigenvalue weighted by Crippen LogP contribution is -2.41. The van der Waals surface area contributed by atoms with Gasteiger partial charge in [-0.05, 0) is 68.9 Å². The second-order valence-corrected chi connectivity index (χ2v) is 11.3. The van der Waals surface area contributed by atoms with Crippen LogP contribution in [0.5, 0.6) is 0 Å². The van der Waals surface area contributed by atoms with Crippen molar-refractivity contribution in [3.63, 3.8) is 0 Å². The number of anilines is 3. The molecular weight excluding hydrogens is 600 g/mol. The summed E-state index contributed by atoms with van der Waals surface area (Å²) >= 11 is 0. The first-order valence-corrected chi connectivity index (χ1v) is 15.2. The summed E-state index contributed by atoms with van der Waals surface area (Å²) in [5.41, 5.74) is 10.2. The number of nitrogens with zero attached hydrogens (tertiary/aromatic N) is 4. The molecule has 1 aliphatic carbocycles. The number of hydrogen-bond acceptors (Lipinski definition) is 11. The highest BCUT2D eigenvalue weighted by molar-refractivity contribution is 5.97. The third-order valence-electron chi connectivity index (χ3n) is 8.20. The Morgan fingerprint density at radius 1 is 1.09 bits per heavy atom. The highest BCUT2D eigenvalue weighted by atomic mass is 16.5. The molecule has 47 heavy (non-hydrogen) atoms. The molecule has 1 aromatic heterocycles. The van der Waals surface area contributed by atoms with Crippen LogP contribution in [-0.2, 0) is 11.3 Å². The van der Waals surface area contributed by atoms with E-state index in [2.05, 4.69) is 25.7 Å². The van der Waals surface area contributed by atoms with Gasteiger partial charge in [0.15, 0.2) is 0 Å². The third-order valence-corrected chi connectivity index (χ3v) is 8.20. The molecule has 0 bridgehead atoms. The lowest BCUT2D eigenvalue weighted by molar-refractivity contribution is 0.0935. The lowest BCUT2D eigenvalue weighted by atomic mass is 9.97. The minimum absolute atomic E-state index is 0.0313. The van der Waals surface area contributed by atoms with Gasteiger partial charge in [0.05, 0.1) is 12.3 Å². The third kappa shape index (κ3) is 8.24. The Labute approximate surface area is 272 Å². The summed E-state index contributed by atoms with van der Waals surface area (Å²) in [6.45, 7) is 6.99. The number of benzene rings is 1. The maximum Gasteiger partial charge on any atom is 0.270 e. The molecule has 2 aromatic carbocycles. The monoisotopic (exact) mass is 640 g/mol. The molecule has 3 aromatic rings. The molecule has 0 saturated heterocycles. The SMILES string of the molecule is COCCCN(c1cccc(CNC(=O)c2cc(C(=O)NC3CC/C(C)=C(C)/C(/C=N/N)=C\C=C\3C)ncn2)c1)c1c(N)c(=O)c1=O. The molecule has 0 spiro atoms. The zero-order valence-corrected chi connectivity index (χ0v) is 27.0. The van der Waals surface area contributed by atoms with Crippen molar-refractivity contribution < 1.29 is 14.3 Å². The first-order valence-electron chi connectivity index (χ1n) is 15.2. The molecule has 1 unspecified atom stereocenters. The van der Waals surface area contributed by atoms with E-state index in [9.17, 15) is 19.2 Å². The van der Waals surface area contributed by atoms with E-state index in [1.807, 2.05) is 39.0 Å². The molecular formula is C34H40N8O5. The molecule has 0 saturated carbocycles. The molecule has 1 aliphatic rings. The molecule has 1 atom stereocenters. The van der Waals surface area contributed by atoms with Crippen LogP contribution in [-0.4, -0.2) is 54.3 Å². The average Bonchev–Trinajstić information content (AvgIpc) is 3.13. The molecule has 13 heteroatoms. The minimum Gasteiger partial charge on any atom is -0.394 e. The Balaban J connectivity index is 1.44. The van der Waals surface area contributed by atoms with Crippen LogP contribution in [0.4, 0.5) is 17.1 Å². The van der Waals surface area contributed by atoms with Gasteiger partial charge in [0, 0.05) is 38.6 Å². The number of hydrogen-bond donors (Lipinski definition) is 4. The number of amides is 2. The number of nitrogens with one attached hydrogen (secondary N) is 2. The van der Waals surface area contributed by atoms with E-state index in [-0.39, 0.29) is 35.3 Å². The standard InChI is InChI=1S/C34H40N8O5/c1-20-10-12-26(21(2)9-11-24(18-40-36)22(20)3)41-34(46)28-16-27(38-19-39-28)33(45)37-17-23-7-5-8-25(15-23)42(13-6-14-47-4)30-29(35)31(43)32(30)44/h5,7-9,11,15-16,18-19,26H,6,10,12-14,17,35-36H2,1-4H3,(H,37,45)(H,41,46)/b21-9+,22-20+,24-11-,40-18+. The van der Waals surface area contributed by atoms with Gasteiger partial charge in [-0.1, -0.05) is 35.4 Å². The summed E-state index contributed by atoms with van der Waals surface area (Å²) in [6, 6.07) is 8.28. The number of aromatic nitrogens is 2. The number of ether oxygens (including phenoxy) is 1. The normalized spacial score (nSPS) is 19.2. The number of allylic oxidation sites excluding steroid dienone is 5. The van der Waals surface area contributed by atoms with Gasteiger partial charge in [-0.25, -0.2) is 9.97 Å². The van der Waals surface area contributed by atoms with Gasteiger partial charge >= 0.3 is 0 Å². The van der Waals surface area contributed by atoms with Crippen molar-refractivity contribution >= 4 is 35.1 Å². The first kappa shape index (κ1) is 34.4. The van der Waals surface area contributed by atoms with Gasteiger partial charge in [-0.15, -0.1) is 0 Å². The number of hydrazone groups is 1. The van der Waals surface area contributed by atoms with Gasteiger partial charge in [0.1, 0.15) is 29.1 Å². The van der Waals surface area contributed by atoms with Gasteiger partial charge in [0.25, 0.3) is 22.7 Å². The summed E-state index contributed by atoms with van der Waals surface area (Å²) in [7, 11) is 1.58. The van der Waals surface area contributed by atoms with Crippen LogP contribution in [0.2, 0.25) is 0 Å². The van der Waals surface area contributed by atoms with Gasteiger partial charge in [0.2, 0.25) is 0 Å². The molecule has 4 rings (SSSR count). The van der Waals surface area contributed by atoms with E-state index >= 15 is 0 Å². The predicted octanol–water partition coefficient (Wildman–Crippen LogP) is 2.81. The topological polar surface area (TPSA) is 195 Å². The van der Waals surface area contributed by atoms with Crippen molar-refractivity contribution in [3.8, 4) is 0 Å². The average molecular weight is 641 g/mol. The number of carbonyl (C=O) groups is 2. The Morgan fingerprint density at radius 2 is 1.83 bits per heavy atom. The maximum atomic E-state index is 13.3. The van der Waals surface area contributed by atoms with Crippen molar-refractivity contribution in [2.45, 2.75) is 52.6 Å². The van der Waals surface area contributed by atoms with Crippen LogP contribution in [0.3, 0.4) is 0 Å². The molecule has 6 N–H and O–H groups in total. The molecule has 1 heterocycles. The quantitative estimate of drug-likeness (QED) is 0.0752. The highest BCUT2D eigenvalue weighted by Gasteiger charge is 2.25. The smallest absolute Gasteiger partial charge is 0.270 e. The summed E-state index contributed by atoms with van der Waals surface area (Å²) in [5.74, 6) is 4.47. The molecule has 0 aliphatic heterocycles. The van der Waals surface area contributed by atoms with Crippen LogP contribution in [0.15, 0.2) is 85.8 Å². The van der Waals surface area contributed by atoms with Crippen molar-refractivity contribution in [1.29, 1.82) is 0 Å². The van der Waals surface area contributed by atoms with E-state index in [0.717, 1.165) is 34.3 Å². The summed E-state index contributed by atoms with van der Waals surface area (Å²) in [4.78, 5) is 60.3. The highest BCUT2D eigenvalue weighted by Crippen LogP contribution is 2.28. The van der Waals surface area contributed by atoms with Crippen LogP contribution >= 0.6 is 0 Å². The Kier molecular flexibility index (Phi) is 11.5. The summed E-state index contributed by atoms with van der Waals surface area (Å²) in [6.07, 6.45) is 8.67. The summed E-state index contributed by atoms with van der Waals surface area (Å²) < 4.78 is 5.14. The zero-order chi connectivity index (χ0) is 34.1. The second-order valence-electron chi connectivity index (χ2n) is 11.3. The van der Waals surface area contributed by atoms with Gasteiger partial charge < -0.3 is 31.8 Å². The lowest BCUT2D eigenvalue weighted by Gasteiger charge is -2.27. The van der Waals surface area contributed by atoms with E-state index in [1.54, 1.807) is 36.4 Å². The Hall–Kier alpha value is -5.43. The molecule has 246 valence electrons. The Bertz CT molecular complexity index is 1830. The van der Waals surface area contributed by atoms with E-state index in [0.29, 0.717) is 31.7 Å². The fourth-order valence-corrected chi connectivity index (χ4v) is 5.24. The number of carbonyl (C=O) groups excluding carboxylic acids is 2. The number of rotatable bonds is 12. The van der Waals surface area contributed by atoms with Gasteiger partial charge in [-0.2, -0.15) is 5.10 Å². The number of methoxy groups -OCH3 is 1. The van der Waals surface area contributed by atoms with Gasteiger partial charge in [-0.3, -0.25) is 19.2 Å². The maximum absolute atomic E-state index is 13.3. The van der Waals surface area contributed by atoms with Crippen LogP contribution in [0.1, 0.15) is 66.6 Å². The first-order chi connectivity index (χ1) is 22.5. The summed E-state index contributed by atoms with van der Waals surface area (Å²) in [5, 5.41) is 9.53. The molecule has 13 nitrogen and oxygen atoms in total. The fourth-order valence-electron chi connectivity index (χ4n) is 5.24. The van der Waals surface area contributed by atoms with Crippen LogP contribution in [0.25, 0.3) is 0 Å². The molecule has 2 amide bonds. The predicted molar refractivity (Wildman–Crippen MR) is 182 cm³/mol. The molecule has 0 fully saturated rings. The van der Waals surface area contributed by atoms with E-state index in [4.69, 9.17) is 16.3 Å². The molecule has 0 radical (unpaired) electrons. The van der Waals surface area contributed by atoms with Crippen molar-refractivity contribution in [2.24, 2.45) is 10.9 Å². The van der Waals surface area contributed by atoms with E-state index < -0.39 is 22.7 Å². The van der Waals surface area contributed by atoms with Crippen LogP contribution < -0.4 is 38.0 Å². The minimum atomic E-state index is -0.698. The zero-order valence-electron chi connectivity index (χ0n) is 27.0. The number of nitrogens with two attached hydrogens (primary N) is 2. The van der Waals surface area contributed by atoms with Crippen molar-refractivity contribution in [1.82, 2.24) is 20.6 Å². The van der Waals surface area contributed by atoms with E-state index in [1.165, 1.54) is 12.4 Å². The largest absolute Gasteiger partial charge is 0.394 e. The second kappa shape index (κ2) is 15.7. The number of nitrogen functional groups attached to an aromatic ring is 1. The van der Waals surface area contributed by atoms with Crippen molar-refractivity contribution in [3.05, 3.63) is 109 Å². The van der Waals surface area contributed by atoms with Crippen LogP contribution in [0, 0.1) is 0 Å². The van der Waals surface area contributed by atoms with Crippen molar-refractivity contribution in [2.75, 3.05) is 30.9 Å².